The summed E-state index contributed by atoms with van der Waals surface area (Å²) in [6.45, 7) is 14.3. The number of carbonyl (C=O) groups is 1. The Morgan fingerprint density at radius 3 is 2.63 bits per heavy atom. The van der Waals surface area contributed by atoms with Crippen molar-refractivity contribution in [1.82, 2.24) is 9.97 Å². The van der Waals surface area contributed by atoms with E-state index in [2.05, 4.69) is 60.9 Å². The number of ether oxygens (including phenoxy) is 2. The van der Waals surface area contributed by atoms with Gasteiger partial charge in [-0.25, -0.2) is 14.8 Å². The average Bonchev–Trinajstić information content (AvgIpc) is 3.26. The number of hydrogen-bond donors (Lipinski definition) is 0. The molecule has 10 heteroatoms. The number of esters is 1. The molecular formula is C42H56ClN3O4SSi. The fourth-order valence-corrected chi connectivity index (χ4v) is 11.8. The van der Waals surface area contributed by atoms with Crippen molar-refractivity contribution < 1.29 is 18.7 Å². The Balaban J connectivity index is 1.20. The third-order valence-electron chi connectivity index (χ3n) is 13.0. The fourth-order valence-electron chi connectivity index (χ4n) is 9.03. The van der Waals surface area contributed by atoms with Gasteiger partial charge in [0, 0.05) is 41.2 Å². The van der Waals surface area contributed by atoms with E-state index in [1.165, 1.54) is 50.3 Å². The molecule has 2 aromatic carbocycles. The van der Waals surface area contributed by atoms with Crippen molar-refractivity contribution in [2.75, 3.05) is 31.7 Å². The van der Waals surface area contributed by atoms with Crippen LogP contribution in [-0.2, 0) is 21.0 Å². The van der Waals surface area contributed by atoms with Crippen molar-refractivity contribution in [1.29, 1.82) is 0 Å². The lowest BCUT2D eigenvalue weighted by molar-refractivity contribution is -0.0225. The number of nitrogens with zero attached hydrogens (tertiary/aromatic N) is 3. The number of anilines is 1. The van der Waals surface area contributed by atoms with E-state index in [-0.39, 0.29) is 22.5 Å². The molecule has 2 fully saturated rings. The van der Waals surface area contributed by atoms with Crippen LogP contribution in [0.3, 0.4) is 0 Å². The van der Waals surface area contributed by atoms with Gasteiger partial charge < -0.3 is 18.8 Å². The van der Waals surface area contributed by atoms with Crippen LogP contribution in [0.15, 0.2) is 60.0 Å². The first-order chi connectivity index (χ1) is 24.9. The van der Waals surface area contributed by atoms with E-state index in [9.17, 15) is 4.79 Å². The number of carbonyl (C=O) groups excluding carboxylic acids is 1. The highest BCUT2D eigenvalue weighted by Crippen LogP contribution is 2.51. The summed E-state index contributed by atoms with van der Waals surface area (Å²) in [5.41, 5.74) is 4.06. The summed E-state index contributed by atoms with van der Waals surface area (Å²) in [5.74, 6) is 1.96. The number of aryl methyl sites for hydroxylation is 1. The molecule has 1 spiro atoms. The molecule has 0 N–H and O–H groups in total. The summed E-state index contributed by atoms with van der Waals surface area (Å²) < 4.78 is 19.5. The summed E-state index contributed by atoms with van der Waals surface area (Å²) in [6.07, 6.45) is 14.2. The minimum absolute atomic E-state index is 0.125. The van der Waals surface area contributed by atoms with Gasteiger partial charge in [0.2, 0.25) is 0 Å². The average molecular weight is 763 g/mol. The smallest absolute Gasteiger partial charge is 0.337 e. The third kappa shape index (κ3) is 7.80. The second-order valence-electron chi connectivity index (χ2n) is 17.3. The molecule has 6 atom stereocenters. The molecule has 2 heterocycles. The molecule has 1 unspecified atom stereocenters. The van der Waals surface area contributed by atoms with Crippen LogP contribution in [0.5, 0.6) is 5.75 Å². The van der Waals surface area contributed by atoms with Gasteiger partial charge >= 0.3 is 5.97 Å². The number of halogens is 1. The molecule has 280 valence electrons. The Hall–Kier alpha value is -2.59. The number of hydrogen-bond acceptors (Lipinski definition) is 8. The monoisotopic (exact) mass is 761 g/mol. The first-order valence-electron chi connectivity index (χ1n) is 19.4. The van der Waals surface area contributed by atoms with E-state index in [4.69, 9.17) is 25.5 Å². The Labute approximate surface area is 321 Å². The van der Waals surface area contributed by atoms with E-state index >= 15 is 0 Å². The van der Waals surface area contributed by atoms with Crippen LogP contribution in [0, 0.1) is 17.8 Å². The van der Waals surface area contributed by atoms with Crippen LogP contribution in [0.4, 0.5) is 5.69 Å². The number of aromatic nitrogens is 2. The normalized spacial score (nSPS) is 26.7. The predicted molar refractivity (Wildman–Crippen MR) is 213 cm³/mol. The van der Waals surface area contributed by atoms with Gasteiger partial charge in [-0.3, -0.25) is 0 Å². The van der Waals surface area contributed by atoms with Crippen molar-refractivity contribution in [3.05, 3.63) is 76.6 Å². The first kappa shape index (κ1) is 37.7. The Morgan fingerprint density at radius 2 is 1.90 bits per heavy atom. The number of methoxy groups -OCH3 is 1. The maximum atomic E-state index is 12.8. The van der Waals surface area contributed by atoms with Crippen LogP contribution >= 0.6 is 23.4 Å². The summed E-state index contributed by atoms with van der Waals surface area (Å²) in [5, 5.41) is 2.29. The van der Waals surface area contributed by atoms with Gasteiger partial charge in [-0.05, 0) is 135 Å². The molecular weight excluding hydrogens is 706 g/mol. The molecule has 1 aliphatic heterocycles. The predicted octanol–water partition coefficient (Wildman–Crippen LogP) is 10.2. The highest BCUT2D eigenvalue weighted by molar-refractivity contribution is 7.99. The Bertz CT molecular complexity index is 1740. The zero-order valence-electron chi connectivity index (χ0n) is 31.8. The minimum atomic E-state index is -2.07. The van der Waals surface area contributed by atoms with Crippen LogP contribution in [0.2, 0.25) is 23.2 Å². The maximum Gasteiger partial charge on any atom is 0.337 e. The summed E-state index contributed by atoms with van der Waals surface area (Å²) in [6, 6.07) is 14.1. The summed E-state index contributed by atoms with van der Waals surface area (Å²) in [7, 11) is -0.620. The summed E-state index contributed by atoms with van der Waals surface area (Å²) in [4.78, 5) is 24.5. The largest absolute Gasteiger partial charge is 0.490 e. The highest BCUT2D eigenvalue weighted by atomic mass is 35.5. The van der Waals surface area contributed by atoms with Crippen LogP contribution in [-0.4, -0.2) is 62.4 Å². The Kier molecular flexibility index (Phi) is 11.1. The zero-order chi connectivity index (χ0) is 36.7. The van der Waals surface area contributed by atoms with Crippen LogP contribution in [0.25, 0.3) is 0 Å². The van der Waals surface area contributed by atoms with E-state index in [0.29, 0.717) is 35.2 Å². The van der Waals surface area contributed by atoms with Gasteiger partial charge in [0.05, 0.1) is 31.1 Å². The lowest BCUT2D eigenvalue weighted by atomic mass is 9.65. The van der Waals surface area contributed by atoms with Gasteiger partial charge in [-0.15, -0.1) is 0 Å². The quantitative estimate of drug-likeness (QED) is 0.121. The fraction of sp³-hybridized carbons (Fsp3) is 0.595. The van der Waals surface area contributed by atoms with Crippen molar-refractivity contribution >= 4 is 43.3 Å². The molecule has 4 aliphatic rings. The molecule has 0 bridgehead atoms. The van der Waals surface area contributed by atoms with Gasteiger partial charge in [-0.2, -0.15) is 0 Å². The minimum Gasteiger partial charge on any atom is -0.490 e. The highest BCUT2D eigenvalue weighted by Gasteiger charge is 2.49. The number of benzene rings is 2. The molecule has 7 nitrogen and oxygen atoms in total. The van der Waals surface area contributed by atoms with Gasteiger partial charge in [0.25, 0.3) is 0 Å². The molecule has 3 aromatic rings. The molecule has 52 heavy (non-hydrogen) atoms. The lowest BCUT2D eigenvalue weighted by Gasteiger charge is -2.52. The topological polar surface area (TPSA) is 73.8 Å². The van der Waals surface area contributed by atoms with E-state index in [1.54, 1.807) is 0 Å². The van der Waals surface area contributed by atoms with Crippen molar-refractivity contribution in [3.63, 3.8) is 0 Å². The van der Waals surface area contributed by atoms with E-state index in [0.717, 1.165) is 60.4 Å². The number of fused-ring (bicyclic) bond motifs is 3. The van der Waals surface area contributed by atoms with Gasteiger partial charge in [-0.1, -0.05) is 56.6 Å². The second-order valence-corrected chi connectivity index (χ2v) is 23.8. The molecule has 0 saturated heterocycles. The lowest BCUT2D eigenvalue weighted by Crippen LogP contribution is -2.54. The van der Waals surface area contributed by atoms with E-state index < -0.39 is 8.32 Å². The molecule has 2 saturated carbocycles. The van der Waals surface area contributed by atoms with Gasteiger partial charge in [0.15, 0.2) is 13.5 Å². The molecule has 0 radical (unpaired) electrons. The summed E-state index contributed by atoms with van der Waals surface area (Å²) >= 11 is 8.37. The Morgan fingerprint density at radius 1 is 1.10 bits per heavy atom. The van der Waals surface area contributed by atoms with Crippen molar-refractivity contribution in [3.8, 4) is 5.75 Å². The zero-order valence-corrected chi connectivity index (χ0v) is 34.4. The number of rotatable bonds is 9. The van der Waals surface area contributed by atoms with Crippen LogP contribution < -0.4 is 9.64 Å². The SMILES string of the molecule is COC(=O)c1ccc2c(c1)N(C[C@@H]1CC[C@H]1[C@H](O[Si](C)(C)C(C)(C)C)[C@@H]1CCC[C@@H](Sc3ncccn3)C1)CC1(CCCc3cc(Cl)ccc31)CO2. The molecule has 7 rings (SSSR count). The molecule has 0 amide bonds. The second kappa shape index (κ2) is 15.3. The van der Waals surface area contributed by atoms with Crippen LogP contribution in [0.1, 0.15) is 93.6 Å². The molecule has 1 aromatic heterocycles. The third-order valence-corrected chi connectivity index (χ3v) is 18.9. The van der Waals surface area contributed by atoms with Crippen molar-refractivity contribution in [2.24, 2.45) is 17.8 Å². The van der Waals surface area contributed by atoms with Crippen molar-refractivity contribution in [2.45, 2.75) is 119 Å². The van der Waals surface area contributed by atoms with Gasteiger partial charge in [0.1, 0.15) is 5.75 Å². The first-order valence-corrected chi connectivity index (χ1v) is 23.5. The number of thioether (sulfide) groups is 1. The molecule has 3 aliphatic carbocycles. The maximum absolute atomic E-state index is 12.8. The standard InChI is InChI=1S/C42H56ClN3O4SSi/c1-41(2,3)52(5,6)50-38(29-10-7-12-33(23-29)51-40-44-20-9-21-45-40)34-16-13-31(34)25-46-26-42(19-8-11-28-22-32(43)15-17-35(28)42)27-49-37-18-14-30(24-36(37)46)39(47)48-4/h9,14-15,17-18,20-22,24,29,31,33-34,38H,7-8,10-13,16,19,23,25-27H2,1-6H3/t29-,31+,33-,34-,38-,42?/m1/s1. The van der Waals surface area contributed by atoms with E-state index in [1.807, 2.05) is 54.5 Å².